The Morgan fingerprint density at radius 3 is 2.43 bits per heavy atom. The molecular weight excluding hydrogens is 262 g/mol. The number of nitrogens with one attached hydrogen (secondary N) is 1. The van der Waals surface area contributed by atoms with Crippen LogP contribution in [-0.4, -0.2) is 61.0 Å². The van der Waals surface area contributed by atoms with Crippen molar-refractivity contribution in [3.05, 3.63) is 0 Å². The van der Waals surface area contributed by atoms with Crippen LogP contribution in [0.25, 0.3) is 0 Å². The number of amides is 1. The Hall–Kier alpha value is -0.610. The molecule has 1 N–H and O–H groups in total. The maximum atomic E-state index is 11.5. The molecule has 0 bridgehead atoms. The monoisotopic (exact) mass is 293 g/mol. The molecule has 120 valence electrons. The quantitative estimate of drug-likeness (QED) is 0.844. The van der Waals surface area contributed by atoms with Crippen molar-refractivity contribution in [2.75, 3.05) is 33.2 Å². The van der Waals surface area contributed by atoms with Gasteiger partial charge in [0.2, 0.25) is 5.91 Å². The second kappa shape index (κ2) is 6.25. The molecule has 21 heavy (non-hydrogen) atoms. The summed E-state index contributed by atoms with van der Waals surface area (Å²) in [6.45, 7) is 6.40. The van der Waals surface area contributed by atoms with Crippen molar-refractivity contribution in [2.24, 2.45) is 5.41 Å². The number of rotatable bonds is 2. The van der Waals surface area contributed by atoms with Crippen LogP contribution in [0.2, 0.25) is 0 Å². The lowest BCUT2D eigenvalue weighted by molar-refractivity contribution is -0.129. The first-order valence-corrected chi connectivity index (χ1v) is 8.78. The van der Waals surface area contributed by atoms with Crippen molar-refractivity contribution in [3.8, 4) is 0 Å². The molecule has 2 heterocycles. The van der Waals surface area contributed by atoms with Crippen LogP contribution < -0.4 is 5.32 Å². The number of nitrogens with zero attached hydrogens (tertiary/aromatic N) is 2. The summed E-state index contributed by atoms with van der Waals surface area (Å²) < 4.78 is 0. The summed E-state index contributed by atoms with van der Waals surface area (Å²) in [6, 6.07) is 1.22. The van der Waals surface area contributed by atoms with Gasteiger partial charge in [0.15, 0.2) is 0 Å². The number of hydrogen-bond acceptors (Lipinski definition) is 3. The number of piperidine rings is 1. The van der Waals surface area contributed by atoms with Crippen LogP contribution in [0.15, 0.2) is 0 Å². The summed E-state index contributed by atoms with van der Waals surface area (Å²) in [5.74, 6) is 0.208. The van der Waals surface area contributed by atoms with Crippen LogP contribution >= 0.6 is 0 Å². The smallest absolute Gasteiger partial charge is 0.219 e. The number of carbonyl (C=O) groups excluding carboxylic acids is 1. The van der Waals surface area contributed by atoms with Gasteiger partial charge in [-0.05, 0) is 63.5 Å². The number of carbonyl (C=O) groups is 1. The third-order valence-electron chi connectivity index (χ3n) is 6.44. The van der Waals surface area contributed by atoms with Crippen molar-refractivity contribution >= 4 is 5.91 Å². The highest BCUT2D eigenvalue weighted by Crippen LogP contribution is 2.44. The van der Waals surface area contributed by atoms with E-state index < -0.39 is 0 Å². The van der Waals surface area contributed by atoms with E-state index in [2.05, 4.69) is 10.2 Å². The highest BCUT2D eigenvalue weighted by atomic mass is 16.2. The fraction of sp³-hybridized carbons (Fsp3) is 0.941. The first kappa shape index (κ1) is 15.3. The van der Waals surface area contributed by atoms with Gasteiger partial charge < -0.3 is 10.2 Å². The van der Waals surface area contributed by atoms with Crippen LogP contribution in [-0.2, 0) is 4.79 Å². The number of likely N-dealkylation sites (N-methyl/N-ethyl adjacent to an activating group) is 1. The fourth-order valence-electron chi connectivity index (χ4n) is 4.71. The lowest BCUT2D eigenvalue weighted by Crippen LogP contribution is -2.45. The van der Waals surface area contributed by atoms with Crippen molar-refractivity contribution in [1.29, 1.82) is 0 Å². The Balaban J connectivity index is 1.50. The third kappa shape index (κ3) is 3.26. The molecule has 4 heteroatoms. The van der Waals surface area contributed by atoms with Gasteiger partial charge in [0.1, 0.15) is 0 Å². The van der Waals surface area contributed by atoms with Crippen LogP contribution in [0, 0.1) is 5.41 Å². The summed E-state index contributed by atoms with van der Waals surface area (Å²) in [5, 5.41) is 3.50. The highest BCUT2D eigenvalue weighted by molar-refractivity contribution is 5.73. The Labute approximate surface area is 129 Å². The molecule has 0 aromatic heterocycles. The van der Waals surface area contributed by atoms with E-state index in [1.54, 1.807) is 6.92 Å². The van der Waals surface area contributed by atoms with Gasteiger partial charge in [-0.1, -0.05) is 0 Å². The average molecular weight is 293 g/mol. The van der Waals surface area contributed by atoms with E-state index in [1.165, 1.54) is 58.2 Å². The predicted molar refractivity (Wildman–Crippen MR) is 85.2 cm³/mol. The molecule has 2 saturated heterocycles. The Bertz CT molecular complexity index is 368. The lowest BCUT2D eigenvalue weighted by atomic mass is 9.67. The molecule has 1 atom stereocenters. The molecule has 1 aliphatic carbocycles. The van der Waals surface area contributed by atoms with Crippen molar-refractivity contribution < 1.29 is 4.79 Å². The van der Waals surface area contributed by atoms with Crippen LogP contribution in [0.1, 0.15) is 51.9 Å². The third-order valence-corrected chi connectivity index (χ3v) is 6.44. The van der Waals surface area contributed by atoms with E-state index >= 15 is 0 Å². The van der Waals surface area contributed by atoms with E-state index in [1.807, 2.05) is 11.9 Å². The highest BCUT2D eigenvalue weighted by Gasteiger charge is 2.39. The SMILES string of the molecule is CC(=O)N(C)C1CCN(C2CCC3(CCNCC3)CC2)C1. The van der Waals surface area contributed by atoms with Gasteiger partial charge in [0, 0.05) is 39.1 Å². The van der Waals surface area contributed by atoms with Crippen LogP contribution in [0.3, 0.4) is 0 Å². The summed E-state index contributed by atoms with van der Waals surface area (Å²) in [4.78, 5) is 16.1. The minimum absolute atomic E-state index is 0.208. The molecule has 4 nitrogen and oxygen atoms in total. The molecule has 1 spiro atoms. The molecule has 3 fully saturated rings. The van der Waals surface area contributed by atoms with Gasteiger partial charge in [0.05, 0.1) is 0 Å². The molecule has 3 aliphatic rings. The predicted octanol–water partition coefficient (Wildman–Crippen LogP) is 1.85. The average Bonchev–Trinajstić information content (AvgIpc) is 2.97. The van der Waals surface area contributed by atoms with Gasteiger partial charge in [-0.25, -0.2) is 0 Å². The summed E-state index contributed by atoms with van der Waals surface area (Å²) in [5.41, 5.74) is 0.664. The molecular formula is C17H31N3O. The van der Waals surface area contributed by atoms with Crippen LogP contribution in [0.5, 0.6) is 0 Å². The first-order valence-electron chi connectivity index (χ1n) is 8.78. The zero-order valence-corrected chi connectivity index (χ0v) is 13.7. The molecule has 0 aromatic rings. The zero-order valence-electron chi connectivity index (χ0n) is 13.7. The van der Waals surface area contributed by atoms with E-state index in [4.69, 9.17) is 0 Å². The summed E-state index contributed by atoms with van der Waals surface area (Å²) in [7, 11) is 1.96. The Morgan fingerprint density at radius 1 is 1.14 bits per heavy atom. The van der Waals surface area contributed by atoms with Gasteiger partial charge in [0.25, 0.3) is 0 Å². The van der Waals surface area contributed by atoms with Gasteiger partial charge in [-0.2, -0.15) is 0 Å². The maximum absolute atomic E-state index is 11.5. The normalized spacial score (nSPS) is 30.7. The van der Waals surface area contributed by atoms with Crippen LogP contribution in [0.4, 0.5) is 0 Å². The molecule has 1 amide bonds. The molecule has 3 rings (SSSR count). The van der Waals surface area contributed by atoms with Gasteiger partial charge in [-0.3, -0.25) is 9.69 Å². The lowest BCUT2D eigenvalue weighted by Gasteiger charge is -2.45. The standard InChI is InChI=1S/C17H31N3O/c1-14(21)19(2)16-5-12-20(13-16)15-3-6-17(7-4-15)8-10-18-11-9-17/h15-16,18H,3-13H2,1-2H3. The van der Waals surface area contributed by atoms with Crippen molar-refractivity contribution in [3.63, 3.8) is 0 Å². The minimum atomic E-state index is 0.208. The zero-order chi connectivity index (χ0) is 14.9. The fourth-order valence-corrected chi connectivity index (χ4v) is 4.71. The van der Waals surface area contributed by atoms with E-state index in [-0.39, 0.29) is 5.91 Å². The summed E-state index contributed by atoms with van der Waals surface area (Å²) >= 11 is 0. The largest absolute Gasteiger partial charge is 0.342 e. The maximum Gasteiger partial charge on any atom is 0.219 e. The number of hydrogen-bond donors (Lipinski definition) is 1. The van der Waals surface area contributed by atoms with Gasteiger partial charge >= 0.3 is 0 Å². The first-order chi connectivity index (χ1) is 10.1. The van der Waals surface area contributed by atoms with E-state index in [0.29, 0.717) is 11.5 Å². The van der Waals surface area contributed by atoms with Gasteiger partial charge in [-0.15, -0.1) is 0 Å². The van der Waals surface area contributed by atoms with E-state index in [9.17, 15) is 4.79 Å². The van der Waals surface area contributed by atoms with Crippen molar-refractivity contribution in [2.45, 2.75) is 64.0 Å². The Kier molecular flexibility index (Phi) is 4.55. The molecule has 1 saturated carbocycles. The minimum Gasteiger partial charge on any atom is -0.342 e. The summed E-state index contributed by atoms with van der Waals surface area (Å²) in [6.07, 6.45) is 9.51. The van der Waals surface area contributed by atoms with E-state index in [0.717, 1.165) is 19.0 Å². The number of likely N-dealkylation sites (tertiary alicyclic amines) is 1. The molecule has 0 aromatic carbocycles. The molecule has 1 unspecified atom stereocenters. The second-order valence-electron chi connectivity index (χ2n) is 7.55. The molecule has 0 radical (unpaired) electrons. The van der Waals surface area contributed by atoms with Crippen molar-refractivity contribution in [1.82, 2.24) is 15.1 Å². The second-order valence-corrected chi connectivity index (χ2v) is 7.55. The molecule has 2 aliphatic heterocycles. The topological polar surface area (TPSA) is 35.6 Å². The Morgan fingerprint density at radius 2 is 1.81 bits per heavy atom.